The Hall–Kier alpha value is -2.80. The van der Waals surface area contributed by atoms with Crippen LogP contribution >= 0.6 is 0 Å². The number of carboxylic acid groups (broad SMARTS) is 2. The minimum atomic E-state index is -1.07. The lowest BCUT2D eigenvalue weighted by molar-refractivity contribution is 0.0686. The molecule has 0 spiro atoms. The monoisotopic (exact) mass is 240 g/mol. The maximum Gasteiger partial charge on any atom is 0.335 e. The summed E-state index contributed by atoms with van der Waals surface area (Å²) >= 11 is 0. The van der Waals surface area contributed by atoms with Crippen molar-refractivity contribution in [2.24, 2.45) is 0 Å². The number of fused-ring (bicyclic) bond motifs is 1. The molecule has 0 fully saturated rings. The van der Waals surface area contributed by atoms with Crippen molar-refractivity contribution in [2.45, 2.75) is 0 Å². The summed E-state index contributed by atoms with van der Waals surface area (Å²) in [6.07, 6.45) is 5.32. The zero-order valence-corrected chi connectivity index (χ0v) is 9.18. The summed E-state index contributed by atoms with van der Waals surface area (Å²) in [7, 11) is 0. The van der Waals surface area contributed by atoms with Gasteiger partial charge in [0.2, 0.25) is 0 Å². The largest absolute Gasteiger partial charge is 0.478 e. The van der Waals surface area contributed by atoms with Crippen molar-refractivity contribution in [1.82, 2.24) is 0 Å². The van der Waals surface area contributed by atoms with E-state index in [1.807, 2.05) is 0 Å². The van der Waals surface area contributed by atoms with Gasteiger partial charge in [-0.3, -0.25) is 0 Å². The van der Waals surface area contributed by atoms with Gasteiger partial charge < -0.3 is 10.2 Å². The Morgan fingerprint density at radius 3 is 2.22 bits per heavy atom. The highest BCUT2D eigenvalue weighted by Crippen LogP contribution is 2.22. The lowest BCUT2D eigenvalue weighted by Crippen LogP contribution is -1.99. The summed E-state index contributed by atoms with van der Waals surface area (Å²) in [6, 6.07) is 7.22. The number of benzene rings is 2. The van der Waals surface area contributed by atoms with Crippen LogP contribution in [0.3, 0.4) is 0 Å². The molecule has 0 aliphatic heterocycles. The molecule has 2 aromatic carbocycles. The Balaban J connectivity index is 2.80. The number of hydrogen-bond acceptors (Lipinski definition) is 2. The van der Waals surface area contributed by atoms with Crippen molar-refractivity contribution in [2.75, 3.05) is 0 Å². The molecule has 0 saturated heterocycles. The van der Waals surface area contributed by atoms with E-state index in [1.165, 1.54) is 24.3 Å². The molecule has 18 heavy (non-hydrogen) atoms. The van der Waals surface area contributed by atoms with Gasteiger partial charge in [-0.25, -0.2) is 9.59 Å². The molecule has 2 N–H and O–H groups in total. The Kier molecular flexibility index (Phi) is 2.74. The van der Waals surface area contributed by atoms with Gasteiger partial charge in [-0.1, -0.05) is 12.0 Å². The van der Waals surface area contributed by atoms with E-state index in [0.717, 1.165) is 0 Å². The molecule has 88 valence electrons. The maximum atomic E-state index is 10.9. The van der Waals surface area contributed by atoms with E-state index in [0.29, 0.717) is 16.3 Å². The van der Waals surface area contributed by atoms with Gasteiger partial charge in [-0.2, -0.15) is 0 Å². The van der Waals surface area contributed by atoms with E-state index >= 15 is 0 Å². The molecule has 0 aromatic heterocycles. The van der Waals surface area contributed by atoms with E-state index < -0.39 is 11.9 Å². The van der Waals surface area contributed by atoms with Crippen LogP contribution in [0.5, 0.6) is 0 Å². The molecule has 4 heteroatoms. The van der Waals surface area contributed by atoms with E-state index in [1.54, 1.807) is 6.07 Å². The first-order chi connectivity index (χ1) is 8.52. The van der Waals surface area contributed by atoms with Crippen LogP contribution in [0.4, 0.5) is 0 Å². The SMILES string of the molecule is C#Cc1cc(C(=O)O)cc2ccc(C(=O)O)cc12. The Morgan fingerprint density at radius 1 is 1.00 bits per heavy atom. The van der Waals surface area contributed by atoms with Crippen molar-refractivity contribution in [3.63, 3.8) is 0 Å². The standard InChI is InChI=1S/C14H8O4/c1-2-8-5-11(14(17)18)6-9-3-4-10(13(15)16)7-12(8)9/h1,3-7H,(H,15,16)(H,17,18). The Labute approximate surface area is 102 Å². The van der Waals surface area contributed by atoms with E-state index in [-0.39, 0.29) is 11.1 Å². The molecule has 0 bridgehead atoms. The second-order valence-corrected chi connectivity index (χ2v) is 3.71. The Morgan fingerprint density at radius 2 is 1.67 bits per heavy atom. The molecule has 2 aromatic rings. The lowest BCUT2D eigenvalue weighted by atomic mass is 9.99. The predicted octanol–water partition coefficient (Wildman–Crippen LogP) is 2.22. The van der Waals surface area contributed by atoms with Gasteiger partial charge in [-0.05, 0) is 35.0 Å². The van der Waals surface area contributed by atoms with Gasteiger partial charge in [0.15, 0.2) is 0 Å². The van der Waals surface area contributed by atoms with Crippen molar-refractivity contribution in [1.29, 1.82) is 0 Å². The average Bonchev–Trinajstić information content (AvgIpc) is 2.36. The van der Waals surface area contributed by atoms with Gasteiger partial charge >= 0.3 is 11.9 Å². The van der Waals surface area contributed by atoms with Gasteiger partial charge in [0.25, 0.3) is 0 Å². The fourth-order valence-corrected chi connectivity index (χ4v) is 1.73. The number of carbonyl (C=O) groups is 2. The minimum Gasteiger partial charge on any atom is -0.478 e. The van der Waals surface area contributed by atoms with Crippen LogP contribution in [0.2, 0.25) is 0 Å². The molecular weight excluding hydrogens is 232 g/mol. The first-order valence-electron chi connectivity index (χ1n) is 5.04. The van der Waals surface area contributed by atoms with Crippen molar-refractivity contribution < 1.29 is 19.8 Å². The number of carboxylic acids is 2. The summed E-state index contributed by atoms with van der Waals surface area (Å²) in [6.45, 7) is 0. The second-order valence-electron chi connectivity index (χ2n) is 3.71. The first kappa shape index (κ1) is 11.7. The van der Waals surface area contributed by atoms with Crippen molar-refractivity contribution >= 4 is 22.7 Å². The van der Waals surface area contributed by atoms with Crippen molar-refractivity contribution in [3.05, 3.63) is 47.0 Å². The molecule has 0 aliphatic rings. The van der Waals surface area contributed by atoms with Gasteiger partial charge in [0.1, 0.15) is 0 Å². The van der Waals surface area contributed by atoms with Crippen LogP contribution < -0.4 is 0 Å². The van der Waals surface area contributed by atoms with Crippen LogP contribution in [0.15, 0.2) is 30.3 Å². The van der Waals surface area contributed by atoms with Crippen LogP contribution in [-0.2, 0) is 0 Å². The zero-order chi connectivity index (χ0) is 13.3. The summed E-state index contributed by atoms with van der Waals surface area (Å²) < 4.78 is 0. The third kappa shape index (κ3) is 1.89. The van der Waals surface area contributed by atoms with E-state index in [9.17, 15) is 9.59 Å². The lowest BCUT2D eigenvalue weighted by Gasteiger charge is -2.05. The average molecular weight is 240 g/mol. The Bertz CT molecular complexity index is 708. The molecule has 0 aliphatic carbocycles. The molecule has 0 amide bonds. The number of aromatic carboxylic acids is 2. The maximum absolute atomic E-state index is 10.9. The highest BCUT2D eigenvalue weighted by Gasteiger charge is 2.10. The molecule has 0 unspecified atom stereocenters. The quantitative estimate of drug-likeness (QED) is 0.789. The fourth-order valence-electron chi connectivity index (χ4n) is 1.73. The molecule has 4 nitrogen and oxygen atoms in total. The number of hydrogen-bond donors (Lipinski definition) is 2. The van der Waals surface area contributed by atoms with Gasteiger partial charge in [0.05, 0.1) is 11.1 Å². The summed E-state index contributed by atoms with van der Waals surface area (Å²) in [5.74, 6) is 0.248. The predicted molar refractivity (Wildman–Crippen MR) is 65.8 cm³/mol. The van der Waals surface area contributed by atoms with Crippen LogP contribution in [0, 0.1) is 12.3 Å². The van der Waals surface area contributed by atoms with Gasteiger partial charge in [0, 0.05) is 5.56 Å². The fraction of sp³-hybridized carbons (Fsp3) is 0. The third-order valence-corrected chi connectivity index (χ3v) is 2.60. The summed E-state index contributed by atoms with van der Waals surface area (Å²) in [4.78, 5) is 21.8. The number of terminal acetylenes is 1. The third-order valence-electron chi connectivity index (χ3n) is 2.60. The minimum absolute atomic E-state index is 0.0820. The van der Waals surface area contributed by atoms with E-state index in [4.69, 9.17) is 16.6 Å². The summed E-state index contributed by atoms with van der Waals surface area (Å²) in [5, 5.41) is 19.0. The van der Waals surface area contributed by atoms with Crippen LogP contribution in [0.25, 0.3) is 10.8 Å². The normalized spacial score (nSPS) is 9.94. The molecular formula is C14H8O4. The first-order valence-corrected chi connectivity index (χ1v) is 5.04. The molecule has 0 radical (unpaired) electrons. The highest BCUT2D eigenvalue weighted by atomic mass is 16.4. The smallest absolute Gasteiger partial charge is 0.335 e. The molecule has 0 atom stereocenters. The molecule has 0 saturated carbocycles. The number of rotatable bonds is 2. The second kappa shape index (κ2) is 4.22. The highest BCUT2D eigenvalue weighted by molar-refractivity contribution is 6.00. The molecule has 2 rings (SSSR count). The molecule has 0 heterocycles. The zero-order valence-electron chi connectivity index (χ0n) is 9.18. The topological polar surface area (TPSA) is 74.6 Å². The van der Waals surface area contributed by atoms with Crippen LogP contribution in [0.1, 0.15) is 26.3 Å². The van der Waals surface area contributed by atoms with Crippen LogP contribution in [-0.4, -0.2) is 22.2 Å². The van der Waals surface area contributed by atoms with E-state index in [2.05, 4.69) is 5.92 Å². The van der Waals surface area contributed by atoms with Gasteiger partial charge in [-0.15, -0.1) is 6.42 Å². The summed E-state index contributed by atoms with van der Waals surface area (Å²) in [5.41, 5.74) is 0.564. The van der Waals surface area contributed by atoms with Crippen molar-refractivity contribution in [3.8, 4) is 12.3 Å².